The van der Waals surface area contributed by atoms with Crippen molar-refractivity contribution in [3.05, 3.63) is 60.2 Å². The molecule has 0 heterocycles. The molecule has 2 aromatic carbocycles. The fourth-order valence-electron chi connectivity index (χ4n) is 1.71. The highest BCUT2D eigenvalue weighted by Crippen LogP contribution is 2.25. The topological polar surface area (TPSA) is 35.5 Å². The second-order valence-electron chi connectivity index (χ2n) is 4.15. The lowest BCUT2D eigenvalue weighted by atomic mass is 10.0. The maximum absolute atomic E-state index is 11.5. The van der Waals surface area contributed by atoms with Crippen molar-refractivity contribution in [1.82, 2.24) is 0 Å². The predicted molar refractivity (Wildman–Crippen MR) is 73.2 cm³/mol. The molecule has 0 aliphatic rings. The fourth-order valence-corrected chi connectivity index (χ4v) is 1.91. The Labute approximate surface area is 120 Å². The van der Waals surface area contributed by atoms with Crippen LogP contribution in [0.2, 0.25) is 0 Å². The number of carbonyl (C=O) groups excluding carboxylic acids is 1. The molecule has 94 valence electrons. The van der Waals surface area contributed by atoms with Crippen LogP contribution in [0.5, 0.6) is 11.5 Å². The third kappa shape index (κ3) is 3.60. The number of rotatable bonds is 4. The second-order valence-corrected chi connectivity index (χ2v) is 4.38. The summed E-state index contributed by atoms with van der Waals surface area (Å²) in [5.74, 6) is 0.853. The number of hydrogen-bond donors (Lipinski definition) is 0. The quantitative estimate of drug-likeness (QED) is 0.799. The highest BCUT2D eigenvalue weighted by Gasteiger charge is 2.14. The molecule has 3 nitrogen and oxygen atoms in total. The Balaban J connectivity index is 2.18. The molecule has 0 aromatic heterocycles. The number of ether oxygens (including phenoxy) is 1. The fraction of sp³-hybridized carbons (Fsp3) is 0.133. The highest BCUT2D eigenvalue weighted by molar-refractivity contribution is 6.06. The summed E-state index contributed by atoms with van der Waals surface area (Å²) in [6, 6.07) is 17.0. The molecular formula is C15H13AlO3. The molecule has 2 rings (SSSR count). The van der Waals surface area contributed by atoms with E-state index in [2.05, 4.69) is 3.79 Å². The molecule has 0 amide bonds. The van der Waals surface area contributed by atoms with E-state index in [9.17, 15) is 4.79 Å². The molecule has 0 spiro atoms. The van der Waals surface area contributed by atoms with Crippen molar-refractivity contribution >= 4 is 22.6 Å². The van der Waals surface area contributed by atoms with Gasteiger partial charge in [-0.05, 0) is 36.8 Å². The maximum atomic E-state index is 11.5. The largest absolute Gasteiger partial charge is 0.628 e. The number of para-hydroxylation sites is 1. The Hall–Kier alpha value is -1.76. The molecule has 0 saturated heterocycles. The van der Waals surface area contributed by atoms with E-state index in [0.717, 1.165) is 11.3 Å². The first-order valence-corrected chi connectivity index (χ1v) is 6.41. The van der Waals surface area contributed by atoms with Crippen LogP contribution in [0.15, 0.2) is 54.6 Å². The molecule has 1 atom stereocenters. The highest BCUT2D eigenvalue weighted by atomic mass is 27.1. The van der Waals surface area contributed by atoms with Gasteiger partial charge in [-0.2, -0.15) is 0 Å². The predicted octanol–water partition coefficient (Wildman–Crippen LogP) is 3.21. The monoisotopic (exact) mass is 268 g/mol. The van der Waals surface area contributed by atoms with Crippen molar-refractivity contribution in [2.75, 3.05) is 0 Å². The molecule has 4 heteroatoms. The first-order valence-electron chi connectivity index (χ1n) is 5.94. The van der Waals surface area contributed by atoms with Crippen molar-refractivity contribution in [3.8, 4) is 11.5 Å². The van der Waals surface area contributed by atoms with E-state index < -0.39 is 0 Å². The van der Waals surface area contributed by atoms with Crippen molar-refractivity contribution in [3.63, 3.8) is 0 Å². The number of hydrogen-bond acceptors (Lipinski definition) is 3. The first-order chi connectivity index (χ1) is 9.20. The Morgan fingerprint density at radius 3 is 2.42 bits per heavy atom. The lowest BCUT2D eigenvalue weighted by Gasteiger charge is -2.12. The van der Waals surface area contributed by atoms with Crippen LogP contribution in [-0.2, 0) is 8.58 Å². The summed E-state index contributed by atoms with van der Waals surface area (Å²) in [7, 11) is 0. The van der Waals surface area contributed by atoms with Crippen molar-refractivity contribution in [2.24, 2.45) is 0 Å². The molecule has 0 aliphatic heterocycles. The SMILES string of the molecule is CC(C(=O)[O][Al])c1cccc(Oc2ccccc2)c1. The van der Waals surface area contributed by atoms with Gasteiger partial charge >= 0.3 is 16.6 Å². The van der Waals surface area contributed by atoms with Crippen LogP contribution >= 0.6 is 0 Å². The van der Waals surface area contributed by atoms with Gasteiger partial charge in [0, 0.05) is 0 Å². The van der Waals surface area contributed by atoms with Crippen molar-refractivity contribution < 1.29 is 13.3 Å². The van der Waals surface area contributed by atoms with Crippen molar-refractivity contribution in [1.29, 1.82) is 0 Å². The van der Waals surface area contributed by atoms with Crippen LogP contribution in [0.25, 0.3) is 0 Å². The maximum Gasteiger partial charge on any atom is 0.484 e. The van der Waals surface area contributed by atoms with Gasteiger partial charge in [0.1, 0.15) is 11.5 Å². The standard InChI is InChI=1S/C15H14O3.Al/c1-11(15(16)17)12-6-5-9-14(10-12)18-13-7-3-2-4-8-13;/h2-11H,1H3,(H,16,17);/q;+1/p-1. The zero-order valence-corrected chi connectivity index (χ0v) is 11.7. The van der Waals surface area contributed by atoms with Crippen LogP contribution in [0.4, 0.5) is 0 Å². The average molecular weight is 268 g/mol. The van der Waals surface area contributed by atoms with Gasteiger partial charge in [0.05, 0.1) is 5.92 Å². The molecule has 0 saturated carbocycles. The van der Waals surface area contributed by atoms with E-state index in [4.69, 9.17) is 4.74 Å². The van der Waals surface area contributed by atoms with Crippen LogP contribution < -0.4 is 4.74 Å². The van der Waals surface area contributed by atoms with Gasteiger partial charge in [-0.1, -0.05) is 30.3 Å². The van der Waals surface area contributed by atoms with E-state index in [1.165, 1.54) is 0 Å². The van der Waals surface area contributed by atoms with Gasteiger partial charge in [0.15, 0.2) is 0 Å². The van der Waals surface area contributed by atoms with Crippen LogP contribution in [-0.4, -0.2) is 22.6 Å². The van der Waals surface area contributed by atoms with E-state index in [0.29, 0.717) is 5.75 Å². The molecular weight excluding hydrogens is 255 g/mol. The zero-order chi connectivity index (χ0) is 13.7. The van der Waals surface area contributed by atoms with Crippen LogP contribution in [0.3, 0.4) is 0 Å². The van der Waals surface area contributed by atoms with Gasteiger partial charge in [-0.25, -0.2) is 0 Å². The first kappa shape index (κ1) is 13.7. The van der Waals surface area contributed by atoms with Gasteiger partial charge in [-0.3, -0.25) is 4.79 Å². The van der Waals surface area contributed by atoms with Gasteiger partial charge in [0.25, 0.3) is 5.97 Å². The van der Waals surface area contributed by atoms with Gasteiger partial charge < -0.3 is 8.53 Å². The average Bonchev–Trinajstić information content (AvgIpc) is 2.47. The minimum Gasteiger partial charge on any atom is -0.628 e. The van der Waals surface area contributed by atoms with Crippen LogP contribution in [0.1, 0.15) is 18.4 Å². The Bertz CT molecular complexity index is 554. The minimum atomic E-state index is -0.322. The normalized spacial score (nSPS) is 11.6. The van der Waals surface area contributed by atoms with Crippen LogP contribution in [0, 0.1) is 0 Å². The summed E-state index contributed by atoms with van der Waals surface area (Å²) in [5, 5.41) is 0. The third-order valence-corrected chi connectivity index (χ3v) is 3.04. The molecule has 2 radical (unpaired) electrons. The summed E-state index contributed by atoms with van der Waals surface area (Å²) in [6.45, 7) is 1.80. The van der Waals surface area contributed by atoms with E-state index in [1.54, 1.807) is 6.92 Å². The van der Waals surface area contributed by atoms with Gasteiger partial charge in [-0.15, -0.1) is 0 Å². The van der Waals surface area contributed by atoms with Gasteiger partial charge in [0.2, 0.25) is 0 Å². The van der Waals surface area contributed by atoms with Crippen molar-refractivity contribution in [2.45, 2.75) is 12.8 Å². The Morgan fingerprint density at radius 1 is 1.05 bits per heavy atom. The lowest BCUT2D eigenvalue weighted by Crippen LogP contribution is -2.11. The number of carbonyl (C=O) groups is 1. The molecule has 0 aliphatic carbocycles. The third-order valence-electron chi connectivity index (χ3n) is 2.81. The Kier molecular flexibility index (Phi) is 4.62. The lowest BCUT2D eigenvalue weighted by molar-refractivity contribution is -0.135. The van der Waals surface area contributed by atoms with E-state index in [-0.39, 0.29) is 11.9 Å². The van der Waals surface area contributed by atoms with E-state index >= 15 is 0 Å². The molecule has 0 bridgehead atoms. The second kappa shape index (κ2) is 6.42. The molecule has 0 N–H and O–H groups in total. The molecule has 2 aromatic rings. The summed E-state index contributed by atoms with van der Waals surface area (Å²) >= 11 is 1.98. The minimum absolute atomic E-state index is 0.290. The zero-order valence-electron chi connectivity index (χ0n) is 10.6. The molecule has 19 heavy (non-hydrogen) atoms. The van der Waals surface area contributed by atoms with E-state index in [1.807, 2.05) is 71.2 Å². The molecule has 1 unspecified atom stereocenters. The Morgan fingerprint density at radius 2 is 1.74 bits per heavy atom. The smallest absolute Gasteiger partial charge is 0.484 e. The summed E-state index contributed by atoms with van der Waals surface area (Å²) < 4.78 is 10.4. The summed E-state index contributed by atoms with van der Waals surface area (Å²) in [4.78, 5) is 11.5. The summed E-state index contributed by atoms with van der Waals surface area (Å²) in [6.07, 6.45) is 0. The molecule has 0 fully saturated rings. The summed E-state index contributed by atoms with van der Waals surface area (Å²) in [5.41, 5.74) is 0.862. The number of benzene rings is 2.